The number of hydrogen-bond donors (Lipinski definition) is 3. The molecule has 2 heterocycles. The molecule has 0 aliphatic carbocycles. The summed E-state index contributed by atoms with van der Waals surface area (Å²) >= 11 is 0. The van der Waals surface area contributed by atoms with E-state index >= 15 is 0 Å². The standard InChI is InChI=1S/C22H21N5O4/c1-3-11-31-22(29)25-19-10-8-16(14-23-19)21(28)24-20-13-17(26-27-20)9-7-15-5-4-6-18(12-15)30-2/h1,4-6,8,10,12-14H,7,9,11H2,2H3,(H,23,25,29)(H2,24,26,27,28). The number of rotatable bonds is 8. The molecule has 0 spiro atoms. The molecule has 0 aliphatic rings. The number of methoxy groups -OCH3 is 1. The minimum absolute atomic E-state index is 0.141. The molecule has 0 saturated carbocycles. The number of pyridine rings is 1. The molecular weight excluding hydrogens is 398 g/mol. The van der Waals surface area contributed by atoms with E-state index < -0.39 is 6.09 Å². The van der Waals surface area contributed by atoms with Crippen LogP contribution in [0.1, 0.15) is 21.6 Å². The minimum atomic E-state index is -0.722. The number of nitrogens with one attached hydrogen (secondary N) is 3. The van der Waals surface area contributed by atoms with Gasteiger partial charge in [0.05, 0.1) is 12.7 Å². The molecule has 0 unspecified atom stereocenters. The van der Waals surface area contributed by atoms with Gasteiger partial charge in [-0.1, -0.05) is 18.1 Å². The number of aryl methyl sites for hydroxylation is 2. The highest BCUT2D eigenvalue weighted by Gasteiger charge is 2.11. The number of aromatic amines is 1. The Kier molecular flexibility index (Phi) is 7.21. The van der Waals surface area contributed by atoms with E-state index in [4.69, 9.17) is 15.9 Å². The second-order valence-corrected chi connectivity index (χ2v) is 6.42. The Hall–Kier alpha value is -4.32. The van der Waals surface area contributed by atoms with Gasteiger partial charge < -0.3 is 14.8 Å². The largest absolute Gasteiger partial charge is 0.497 e. The first kappa shape index (κ1) is 21.4. The third-order valence-electron chi connectivity index (χ3n) is 4.23. The molecule has 0 aliphatic heterocycles. The fourth-order valence-corrected chi connectivity index (χ4v) is 2.70. The first-order valence-corrected chi connectivity index (χ1v) is 9.39. The van der Waals surface area contributed by atoms with Crippen molar-refractivity contribution in [2.45, 2.75) is 12.8 Å². The maximum Gasteiger partial charge on any atom is 0.413 e. The van der Waals surface area contributed by atoms with Gasteiger partial charge >= 0.3 is 6.09 Å². The van der Waals surface area contributed by atoms with Crippen molar-refractivity contribution in [3.63, 3.8) is 0 Å². The minimum Gasteiger partial charge on any atom is -0.497 e. The lowest BCUT2D eigenvalue weighted by Gasteiger charge is -2.05. The van der Waals surface area contributed by atoms with Gasteiger partial charge in [-0.05, 0) is 42.7 Å². The molecule has 0 radical (unpaired) electrons. The summed E-state index contributed by atoms with van der Waals surface area (Å²) in [5.41, 5.74) is 2.34. The fourth-order valence-electron chi connectivity index (χ4n) is 2.70. The van der Waals surface area contributed by atoms with E-state index in [0.717, 1.165) is 29.8 Å². The molecule has 0 bridgehead atoms. The Morgan fingerprint density at radius 2 is 2.00 bits per heavy atom. The summed E-state index contributed by atoms with van der Waals surface area (Å²) in [6.45, 7) is -0.141. The summed E-state index contributed by atoms with van der Waals surface area (Å²) in [5, 5.41) is 12.2. The highest BCUT2D eigenvalue weighted by Crippen LogP contribution is 2.16. The smallest absolute Gasteiger partial charge is 0.413 e. The molecule has 1 aromatic carbocycles. The van der Waals surface area contributed by atoms with Gasteiger partial charge in [0.2, 0.25) is 0 Å². The summed E-state index contributed by atoms with van der Waals surface area (Å²) in [7, 11) is 1.64. The Morgan fingerprint density at radius 1 is 1.13 bits per heavy atom. The van der Waals surface area contributed by atoms with Crippen LogP contribution in [0.2, 0.25) is 0 Å². The van der Waals surface area contributed by atoms with Crippen LogP contribution < -0.4 is 15.4 Å². The zero-order valence-electron chi connectivity index (χ0n) is 16.8. The molecule has 3 rings (SSSR count). The van der Waals surface area contributed by atoms with Crippen LogP contribution >= 0.6 is 0 Å². The van der Waals surface area contributed by atoms with Crippen LogP contribution in [0.4, 0.5) is 16.4 Å². The van der Waals surface area contributed by atoms with E-state index in [2.05, 4.69) is 31.7 Å². The van der Waals surface area contributed by atoms with Crippen LogP contribution in [0, 0.1) is 12.3 Å². The predicted molar refractivity (Wildman–Crippen MR) is 115 cm³/mol. The maximum atomic E-state index is 12.4. The zero-order chi connectivity index (χ0) is 22.1. The van der Waals surface area contributed by atoms with Crippen LogP contribution in [0.25, 0.3) is 0 Å². The average Bonchev–Trinajstić information content (AvgIpc) is 3.24. The molecule has 0 saturated heterocycles. The van der Waals surface area contributed by atoms with Crippen molar-refractivity contribution in [2.75, 3.05) is 24.4 Å². The number of hydrogen-bond acceptors (Lipinski definition) is 6. The van der Waals surface area contributed by atoms with Gasteiger partial charge in [-0.3, -0.25) is 15.2 Å². The monoisotopic (exact) mass is 419 g/mol. The highest BCUT2D eigenvalue weighted by atomic mass is 16.5. The topological polar surface area (TPSA) is 118 Å². The third-order valence-corrected chi connectivity index (χ3v) is 4.23. The van der Waals surface area contributed by atoms with E-state index in [9.17, 15) is 9.59 Å². The molecule has 2 aromatic heterocycles. The summed E-state index contributed by atoms with van der Waals surface area (Å²) in [5.74, 6) is 3.27. The van der Waals surface area contributed by atoms with E-state index in [0.29, 0.717) is 11.4 Å². The van der Waals surface area contributed by atoms with Crippen molar-refractivity contribution in [1.29, 1.82) is 0 Å². The first-order chi connectivity index (χ1) is 15.1. The van der Waals surface area contributed by atoms with Gasteiger partial charge in [-0.25, -0.2) is 9.78 Å². The van der Waals surface area contributed by atoms with Crippen molar-refractivity contribution in [3.8, 4) is 18.1 Å². The molecule has 0 atom stereocenters. The normalized spacial score (nSPS) is 10.1. The molecule has 9 nitrogen and oxygen atoms in total. The third kappa shape index (κ3) is 6.33. The Balaban J connectivity index is 1.52. The lowest BCUT2D eigenvalue weighted by atomic mass is 10.1. The number of nitrogens with zero attached hydrogens (tertiary/aromatic N) is 2. The van der Waals surface area contributed by atoms with E-state index in [1.807, 2.05) is 24.3 Å². The fraction of sp³-hybridized carbons (Fsp3) is 0.182. The number of aromatic nitrogens is 3. The van der Waals surface area contributed by atoms with E-state index in [1.165, 1.54) is 18.3 Å². The molecule has 158 valence electrons. The van der Waals surface area contributed by atoms with Gasteiger partial charge in [-0.15, -0.1) is 6.42 Å². The molecule has 2 amide bonds. The van der Waals surface area contributed by atoms with Crippen LogP contribution in [-0.4, -0.2) is 40.9 Å². The Morgan fingerprint density at radius 3 is 2.74 bits per heavy atom. The maximum absolute atomic E-state index is 12.4. The second-order valence-electron chi connectivity index (χ2n) is 6.42. The molecule has 0 fully saturated rings. The van der Waals surface area contributed by atoms with Crippen molar-refractivity contribution >= 4 is 23.6 Å². The number of carbonyl (C=O) groups excluding carboxylic acids is 2. The van der Waals surface area contributed by atoms with Crippen LogP contribution in [0.15, 0.2) is 48.7 Å². The lowest BCUT2D eigenvalue weighted by molar-refractivity contribution is 0.102. The Labute approximate surface area is 179 Å². The number of ether oxygens (including phenoxy) is 2. The van der Waals surface area contributed by atoms with Crippen molar-refractivity contribution in [2.24, 2.45) is 0 Å². The van der Waals surface area contributed by atoms with E-state index in [-0.39, 0.29) is 18.3 Å². The van der Waals surface area contributed by atoms with E-state index in [1.54, 1.807) is 13.2 Å². The zero-order valence-corrected chi connectivity index (χ0v) is 16.8. The molecule has 9 heteroatoms. The van der Waals surface area contributed by atoms with Crippen molar-refractivity contribution in [3.05, 3.63) is 65.5 Å². The number of carbonyl (C=O) groups is 2. The van der Waals surface area contributed by atoms with Crippen LogP contribution in [-0.2, 0) is 17.6 Å². The molecule has 3 aromatic rings. The van der Waals surface area contributed by atoms with Gasteiger partial charge in [-0.2, -0.15) is 5.10 Å². The lowest BCUT2D eigenvalue weighted by Crippen LogP contribution is -2.16. The summed E-state index contributed by atoms with van der Waals surface area (Å²) in [4.78, 5) is 27.8. The SMILES string of the molecule is C#CCOC(=O)Nc1ccc(C(=O)Nc2cc(CCc3cccc(OC)c3)[nH]n2)cn1. The first-order valence-electron chi connectivity index (χ1n) is 9.39. The second kappa shape index (κ2) is 10.5. The summed E-state index contributed by atoms with van der Waals surface area (Å²) < 4.78 is 9.92. The number of benzene rings is 1. The van der Waals surface area contributed by atoms with Crippen molar-refractivity contribution < 1.29 is 19.1 Å². The number of terminal acetylenes is 1. The molecular formula is C22H21N5O4. The molecule has 3 N–H and O–H groups in total. The summed E-state index contributed by atoms with van der Waals surface area (Å²) in [6.07, 6.45) is 7.16. The highest BCUT2D eigenvalue weighted by molar-refractivity contribution is 6.03. The van der Waals surface area contributed by atoms with Crippen molar-refractivity contribution in [1.82, 2.24) is 15.2 Å². The number of anilines is 2. The van der Waals surface area contributed by atoms with Gasteiger partial charge in [0.25, 0.3) is 5.91 Å². The van der Waals surface area contributed by atoms with Gasteiger partial charge in [0, 0.05) is 18.0 Å². The quantitative estimate of drug-likeness (QED) is 0.483. The number of amides is 2. The van der Waals surface area contributed by atoms with Crippen LogP contribution in [0.3, 0.4) is 0 Å². The Bertz CT molecular complexity index is 1090. The van der Waals surface area contributed by atoms with Gasteiger partial charge in [0.1, 0.15) is 11.6 Å². The van der Waals surface area contributed by atoms with Gasteiger partial charge in [0.15, 0.2) is 12.4 Å². The summed E-state index contributed by atoms with van der Waals surface area (Å²) in [6, 6.07) is 12.6. The predicted octanol–water partition coefficient (Wildman–Crippen LogP) is 3.03. The molecule has 31 heavy (non-hydrogen) atoms. The van der Waals surface area contributed by atoms with Crippen LogP contribution in [0.5, 0.6) is 5.75 Å². The number of H-pyrrole nitrogens is 1. The average molecular weight is 419 g/mol.